The SMILES string of the molecule is CCN(CC)c1nc2sc(C(=O)Nc3ccccc3CN3CC(C)OC(C)C3)cc2s1. The van der Waals surface area contributed by atoms with Crippen LogP contribution in [0.1, 0.15) is 42.9 Å². The van der Waals surface area contributed by atoms with E-state index < -0.39 is 0 Å². The number of hydrogen-bond donors (Lipinski definition) is 1. The highest BCUT2D eigenvalue weighted by Crippen LogP contribution is 2.35. The molecule has 1 N–H and O–H groups in total. The maximum Gasteiger partial charge on any atom is 0.265 e. The number of nitrogens with one attached hydrogen (secondary N) is 1. The minimum Gasteiger partial charge on any atom is -0.373 e. The van der Waals surface area contributed by atoms with Crippen LogP contribution in [0.5, 0.6) is 0 Å². The Kier molecular flexibility index (Phi) is 6.91. The molecule has 166 valence electrons. The standard InChI is InChI=1S/C23H30N4O2S2/c1-5-27(6-2)23-25-22-20(31-23)11-19(30-22)21(28)24-18-10-8-7-9-17(18)14-26-12-15(3)29-16(4)13-26/h7-11,15-16H,5-6,12-14H2,1-4H3,(H,24,28). The van der Waals surface area contributed by atoms with E-state index in [9.17, 15) is 4.79 Å². The first-order chi connectivity index (χ1) is 15.0. The predicted octanol–water partition coefficient (Wildman–Crippen LogP) is 5.07. The number of para-hydroxylation sites is 1. The van der Waals surface area contributed by atoms with E-state index in [4.69, 9.17) is 9.72 Å². The van der Waals surface area contributed by atoms with Crippen LogP contribution in [0.15, 0.2) is 30.3 Å². The lowest BCUT2D eigenvalue weighted by Gasteiger charge is -2.35. The van der Waals surface area contributed by atoms with E-state index in [1.807, 2.05) is 24.3 Å². The van der Waals surface area contributed by atoms with Gasteiger partial charge in [0, 0.05) is 38.4 Å². The lowest BCUT2D eigenvalue weighted by Crippen LogP contribution is -2.44. The van der Waals surface area contributed by atoms with Crippen molar-refractivity contribution in [3.63, 3.8) is 0 Å². The van der Waals surface area contributed by atoms with Crippen LogP contribution in [0.2, 0.25) is 0 Å². The van der Waals surface area contributed by atoms with Crippen molar-refractivity contribution in [3.8, 4) is 0 Å². The van der Waals surface area contributed by atoms with Gasteiger partial charge in [-0.25, -0.2) is 4.98 Å². The van der Waals surface area contributed by atoms with Crippen LogP contribution >= 0.6 is 22.7 Å². The Morgan fingerprint density at radius 3 is 2.58 bits per heavy atom. The van der Waals surface area contributed by atoms with Crippen molar-refractivity contribution in [2.45, 2.75) is 46.4 Å². The van der Waals surface area contributed by atoms with Crippen LogP contribution in [0, 0.1) is 0 Å². The average Bonchev–Trinajstić information content (AvgIpc) is 3.29. The molecule has 8 heteroatoms. The van der Waals surface area contributed by atoms with E-state index in [0.29, 0.717) is 4.88 Å². The van der Waals surface area contributed by atoms with Gasteiger partial charge in [-0.15, -0.1) is 11.3 Å². The Morgan fingerprint density at radius 2 is 1.90 bits per heavy atom. The summed E-state index contributed by atoms with van der Waals surface area (Å²) < 4.78 is 6.92. The van der Waals surface area contributed by atoms with E-state index in [1.165, 1.54) is 11.3 Å². The molecule has 0 aliphatic carbocycles. The highest BCUT2D eigenvalue weighted by Gasteiger charge is 2.23. The van der Waals surface area contributed by atoms with E-state index >= 15 is 0 Å². The van der Waals surface area contributed by atoms with Gasteiger partial charge in [0.05, 0.1) is 21.8 Å². The second kappa shape index (κ2) is 9.65. The van der Waals surface area contributed by atoms with Gasteiger partial charge in [0.15, 0.2) is 5.13 Å². The van der Waals surface area contributed by atoms with Crippen molar-refractivity contribution in [2.24, 2.45) is 0 Å². The summed E-state index contributed by atoms with van der Waals surface area (Å²) in [7, 11) is 0. The van der Waals surface area contributed by atoms with Crippen LogP contribution in [-0.2, 0) is 11.3 Å². The number of rotatable bonds is 7. The number of thiophene rings is 1. The largest absolute Gasteiger partial charge is 0.373 e. The second-order valence-corrected chi connectivity index (χ2v) is 10.1. The zero-order chi connectivity index (χ0) is 22.0. The van der Waals surface area contributed by atoms with E-state index in [-0.39, 0.29) is 18.1 Å². The summed E-state index contributed by atoms with van der Waals surface area (Å²) in [6.45, 7) is 12.9. The first-order valence-electron chi connectivity index (χ1n) is 10.9. The summed E-state index contributed by atoms with van der Waals surface area (Å²) in [4.78, 5) is 24.0. The molecule has 2 atom stereocenters. The minimum absolute atomic E-state index is 0.0734. The maximum absolute atomic E-state index is 13.0. The van der Waals surface area contributed by atoms with Crippen molar-refractivity contribution in [3.05, 3.63) is 40.8 Å². The van der Waals surface area contributed by atoms with Gasteiger partial charge in [0.25, 0.3) is 5.91 Å². The molecule has 31 heavy (non-hydrogen) atoms. The fraction of sp³-hybridized carbons (Fsp3) is 0.478. The number of carbonyl (C=O) groups excluding carboxylic acids is 1. The molecule has 0 spiro atoms. The van der Waals surface area contributed by atoms with E-state index in [0.717, 1.165) is 58.6 Å². The first-order valence-corrected chi connectivity index (χ1v) is 12.5. The van der Waals surface area contributed by atoms with Gasteiger partial charge >= 0.3 is 0 Å². The number of anilines is 2. The average molecular weight is 459 g/mol. The summed E-state index contributed by atoms with van der Waals surface area (Å²) in [6.07, 6.45) is 0.441. The third-order valence-corrected chi connectivity index (χ3v) is 7.71. The Balaban J connectivity index is 1.48. The van der Waals surface area contributed by atoms with Gasteiger partial charge in [-0.1, -0.05) is 29.5 Å². The van der Waals surface area contributed by atoms with Crippen LogP contribution in [0.3, 0.4) is 0 Å². The third kappa shape index (κ3) is 5.09. The van der Waals surface area contributed by atoms with Gasteiger partial charge in [-0.3, -0.25) is 9.69 Å². The molecule has 1 amide bonds. The van der Waals surface area contributed by atoms with Crippen molar-refractivity contribution < 1.29 is 9.53 Å². The Hall–Kier alpha value is -2.00. The highest BCUT2D eigenvalue weighted by atomic mass is 32.1. The molecule has 3 aromatic rings. The van der Waals surface area contributed by atoms with Crippen LogP contribution in [0.4, 0.5) is 10.8 Å². The molecular formula is C23H30N4O2S2. The lowest BCUT2D eigenvalue weighted by molar-refractivity contribution is -0.0704. The van der Waals surface area contributed by atoms with Gasteiger partial charge in [0.1, 0.15) is 4.83 Å². The number of amides is 1. The number of thiazole rings is 1. The van der Waals surface area contributed by atoms with Gasteiger partial charge in [-0.2, -0.15) is 0 Å². The number of benzene rings is 1. The molecule has 0 radical (unpaired) electrons. The van der Waals surface area contributed by atoms with E-state index in [2.05, 4.69) is 48.9 Å². The molecule has 0 bridgehead atoms. The zero-order valence-electron chi connectivity index (χ0n) is 18.6. The second-order valence-electron chi connectivity index (χ2n) is 8.01. The number of fused-ring (bicyclic) bond motifs is 1. The van der Waals surface area contributed by atoms with Crippen molar-refractivity contribution in [1.82, 2.24) is 9.88 Å². The molecule has 1 aromatic carbocycles. The van der Waals surface area contributed by atoms with Crippen LogP contribution in [0.25, 0.3) is 9.53 Å². The fourth-order valence-corrected chi connectivity index (χ4v) is 6.32. The summed E-state index contributed by atoms with van der Waals surface area (Å²) in [5.41, 5.74) is 1.99. The molecule has 1 aliphatic heterocycles. The normalized spacial score (nSPS) is 19.6. The number of aromatic nitrogens is 1. The molecule has 0 saturated carbocycles. The minimum atomic E-state index is -0.0734. The number of ether oxygens (including phenoxy) is 1. The Labute approximate surface area is 191 Å². The number of hydrogen-bond acceptors (Lipinski definition) is 7. The summed E-state index contributed by atoms with van der Waals surface area (Å²) >= 11 is 3.11. The van der Waals surface area contributed by atoms with Gasteiger partial charge in [-0.05, 0) is 45.4 Å². The Bertz CT molecular complexity index is 1000. The molecule has 2 unspecified atom stereocenters. The molecule has 6 nitrogen and oxygen atoms in total. The zero-order valence-corrected chi connectivity index (χ0v) is 20.2. The van der Waals surface area contributed by atoms with Gasteiger partial charge in [0.2, 0.25) is 0 Å². The smallest absolute Gasteiger partial charge is 0.265 e. The number of nitrogens with zero attached hydrogens (tertiary/aromatic N) is 3. The molecule has 3 heterocycles. The Morgan fingerprint density at radius 1 is 1.19 bits per heavy atom. The summed E-state index contributed by atoms with van der Waals surface area (Å²) in [5.74, 6) is -0.0734. The lowest BCUT2D eigenvalue weighted by atomic mass is 10.1. The number of carbonyl (C=O) groups is 1. The number of morpholine rings is 1. The topological polar surface area (TPSA) is 57.7 Å². The molecule has 1 fully saturated rings. The molecule has 4 rings (SSSR count). The van der Waals surface area contributed by atoms with Crippen molar-refractivity contribution in [2.75, 3.05) is 36.4 Å². The van der Waals surface area contributed by atoms with E-state index in [1.54, 1.807) is 11.3 Å². The third-order valence-electron chi connectivity index (χ3n) is 5.49. The summed E-state index contributed by atoms with van der Waals surface area (Å²) in [5, 5.41) is 4.15. The van der Waals surface area contributed by atoms with Crippen LogP contribution < -0.4 is 10.2 Å². The summed E-state index contributed by atoms with van der Waals surface area (Å²) in [6, 6.07) is 10.0. The highest BCUT2D eigenvalue weighted by molar-refractivity contribution is 7.29. The predicted molar refractivity (Wildman–Crippen MR) is 131 cm³/mol. The fourth-order valence-electron chi connectivity index (χ4n) is 4.08. The van der Waals surface area contributed by atoms with Crippen molar-refractivity contribution >= 4 is 48.9 Å². The van der Waals surface area contributed by atoms with Crippen molar-refractivity contribution in [1.29, 1.82) is 0 Å². The molecule has 1 aliphatic rings. The van der Waals surface area contributed by atoms with Gasteiger partial charge < -0.3 is 15.0 Å². The molecule has 1 saturated heterocycles. The first kappa shape index (κ1) is 22.2. The maximum atomic E-state index is 13.0. The molecule has 2 aromatic heterocycles. The monoisotopic (exact) mass is 458 g/mol. The quantitative estimate of drug-likeness (QED) is 0.536. The molecular weight excluding hydrogens is 428 g/mol. The van der Waals surface area contributed by atoms with Crippen LogP contribution in [-0.4, -0.2) is 54.2 Å².